The Kier molecular flexibility index (Phi) is 6.03. The fraction of sp³-hybridized carbons (Fsp3) is 0.818. The molecule has 0 unspecified atom stereocenters. The molecule has 16 heavy (non-hydrogen) atoms. The van der Waals surface area contributed by atoms with E-state index in [4.69, 9.17) is 5.11 Å². The van der Waals surface area contributed by atoms with Crippen molar-refractivity contribution < 1.29 is 5.11 Å². The molecule has 1 rings (SSSR count). The zero-order valence-corrected chi connectivity index (χ0v) is 10.3. The van der Waals surface area contributed by atoms with E-state index in [-0.39, 0.29) is 6.61 Å². The van der Waals surface area contributed by atoms with Gasteiger partial charge in [0, 0.05) is 13.1 Å². The van der Waals surface area contributed by atoms with Gasteiger partial charge in [-0.25, -0.2) is 9.67 Å². The van der Waals surface area contributed by atoms with Gasteiger partial charge < -0.3 is 5.11 Å². The van der Waals surface area contributed by atoms with Crippen molar-refractivity contribution in [2.75, 3.05) is 19.7 Å². The van der Waals surface area contributed by atoms with E-state index in [2.05, 4.69) is 28.8 Å². The molecule has 0 fully saturated rings. The van der Waals surface area contributed by atoms with Crippen molar-refractivity contribution in [1.29, 1.82) is 0 Å². The molecule has 0 radical (unpaired) electrons. The minimum Gasteiger partial charge on any atom is -0.395 e. The van der Waals surface area contributed by atoms with Crippen LogP contribution >= 0.6 is 0 Å². The summed E-state index contributed by atoms with van der Waals surface area (Å²) in [4.78, 5) is 6.47. The van der Waals surface area contributed by atoms with Gasteiger partial charge in [0.2, 0.25) is 0 Å². The Morgan fingerprint density at radius 1 is 1.38 bits per heavy atom. The predicted molar refractivity (Wildman–Crippen MR) is 63.0 cm³/mol. The molecule has 92 valence electrons. The number of rotatable bonds is 8. The maximum absolute atomic E-state index is 9.01. The molecule has 1 N–H and O–H groups in total. The molecule has 1 aromatic heterocycles. The van der Waals surface area contributed by atoms with Gasteiger partial charge in [-0.1, -0.05) is 13.3 Å². The first-order valence-electron chi connectivity index (χ1n) is 6.01. The lowest BCUT2D eigenvalue weighted by atomic mass is 10.3. The fourth-order valence-corrected chi connectivity index (χ4v) is 1.67. The molecule has 0 bridgehead atoms. The van der Waals surface area contributed by atoms with E-state index < -0.39 is 0 Å². The Morgan fingerprint density at radius 3 is 2.81 bits per heavy atom. The molecule has 0 aliphatic heterocycles. The van der Waals surface area contributed by atoms with Crippen LogP contribution in [0, 0.1) is 0 Å². The number of aromatic nitrogens is 3. The molecule has 1 heterocycles. The minimum atomic E-state index is 0.198. The summed E-state index contributed by atoms with van der Waals surface area (Å²) in [5.74, 6) is 0.979. The van der Waals surface area contributed by atoms with E-state index in [1.54, 1.807) is 6.33 Å². The lowest BCUT2D eigenvalue weighted by molar-refractivity contribution is 0.183. The van der Waals surface area contributed by atoms with Gasteiger partial charge in [-0.2, -0.15) is 5.10 Å². The number of aliphatic hydroxyl groups is 1. The molecule has 5 heteroatoms. The molecule has 0 atom stereocenters. The lowest BCUT2D eigenvalue weighted by Crippen LogP contribution is -2.29. The van der Waals surface area contributed by atoms with Crippen LogP contribution in [0.3, 0.4) is 0 Å². The van der Waals surface area contributed by atoms with Crippen LogP contribution in [-0.2, 0) is 13.1 Å². The van der Waals surface area contributed by atoms with Gasteiger partial charge in [-0.15, -0.1) is 0 Å². The number of nitrogens with zero attached hydrogens (tertiary/aromatic N) is 4. The third kappa shape index (κ3) is 3.90. The number of hydrogen-bond donors (Lipinski definition) is 1. The van der Waals surface area contributed by atoms with E-state index in [1.165, 1.54) is 6.42 Å². The van der Waals surface area contributed by atoms with E-state index in [1.807, 2.05) is 4.68 Å². The molecule has 0 aliphatic rings. The van der Waals surface area contributed by atoms with Gasteiger partial charge in [0.1, 0.15) is 12.2 Å². The van der Waals surface area contributed by atoms with E-state index in [9.17, 15) is 0 Å². The van der Waals surface area contributed by atoms with E-state index in [0.717, 1.165) is 31.9 Å². The summed E-state index contributed by atoms with van der Waals surface area (Å²) in [5, 5.41) is 13.2. The maximum Gasteiger partial charge on any atom is 0.140 e. The predicted octanol–water partition coefficient (Wildman–Crippen LogP) is 0.892. The third-order valence-electron chi connectivity index (χ3n) is 2.60. The van der Waals surface area contributed by atoms with E-state index in [0.29, 0.717) is 6.54 Å². The smallest absolute Gasteiger partial charge is 0.140 e. The highest BCUT2D eigenvalue weighted by atomic mass is 16.3. The topological polar surface area (TPSA) is 54.2 Å². The van der Waals surface area contributed by atoms with Gasteiger partial charge in [0.15, 0.2) is 0 Å². The molecular formula is C11H22N4O. The number of aryl methyl sites for hydroxylation is 1. The summed E-state index contributed by atoms with van der Waals surface area (Å²) in [6.45, 7) is 7.75. The molecule has 0 saturated heterocycles. The first-order chi connectivity index (χ1) is 7.81. The van der Waals surface area contributed by atoms with Crippen molar-refractivity contribution >= 4 is 0 Å². The van der Waals surface area contributed by atoms with Crippen molar-refractivity contribution in [1.82, 2.24) is 19.7 Å². The van der Waals surface area contributed by atoms with Gasteiger partial charge in [0.25, 0.3) is 0 Å². The Hall–Kier alpha value is -0.940. The molecule has 1 aromatic rings. The quantitative estimate of drug-likeness (QED) is 0.715. The minimum absolute atomic E-state index is 0.198. The lowest BCUT2D eigenvalue weighted by Gasteiger charge is -2.20. The van der Waals surface area contributed by atoms with Crippen molar-refractivity contribution in [3.8, 4) is 0 Å². The van der Waals surface area contributed by atoms with Crippen LogP contribution in [0.25, 0.3) is 0 Å². The maximum atomic E-state index is 9.01. The summed E-state index contributed by atoms with van der Waals surface area (Å²) >= 11 is 0. The number of aliphatic hydroxyl groups excluding tert-OH is 1. The fourth-order valence-electron chi connectivity index (χ4n) is 1.67. The number of unbranched alkanes of at least 4 members (excludes halogenated alkanes) is 1. The van der Waals surface area contributed by atoms with Crippen LogP contribution in [0.5, 0.6) is 0 Å². The van der Waals surface area contributed by atoms with Crippen LogP contribution in [0.2, 0.25) is 0 Å². The molecule has 0 spiro atoms. The summed E-state index contributed by atoms with van der Waals surface area (Å²) in [6.07, 6.45) is 3.92. The Bertz CT molecular complexity index is 287. The van der Waals surface area contributed by atoms with Crippen molar-refractivity contribution in [2.24, 2.45) is 0 Å². The van der Waals surface area contributed by atoms with Gasteiger partial charge in [-0.3, -0.25) is 4.90 Å². The van der Waals surface area contributed by atoms with Gasteiger partial charge in [0.05, 0.1) is 13.2 Å². The molecule has 0 aliphatic carbocycles. The first kappa shape index (κ1) is 13.1. The molecule has 0 amide bonds. The largest absolute Gasteiger partial charge is 0.395 e. The van der Waals surface area contributed by atoms with Crippen molar-refractivity contribution in [3.05, 3.63) is 12.2 Å². The second-order valence-corrected chi connectivity index (χ2v) is 3.85. The van der Waals surface area contributed by atoms with Crippen LogP contribution < -0.4 is 0 Å². The van der Waals surface area contributed by atoms with Crippen LogP contribution in [0.15, 0.2) is 6.33 Å². The standard InChI is InChI=1S/C11H22N4O/c1-3-5-6-14(7-8-16)9-11-12-10-13-15(11)4-2/h10,16H,3-9H2,1-2H3. The highest BCUT2D eigenvalue weighted by Gasteiger charge is 2.09. The Balaban J connectivity index is 2.52. The molecule has 5 nitrogen and oxygen atoms in total. The van der Waals surface area contributed by atoms with Crippen molar-refractivity contribution in [2.45, 2.75) is 39.8 Å². The van der Waals surface area contributed by atoms with Crippen molar-refractivity contribution in [3.63, 3.8) is 0 Å². The zero-order valence-electron chi connectivity index (χ0n) is 10.3. The van der Waals surface area contributed by atoms with Gasteiger partial charge >= 0.3 is 0 Å². The summed E-state index contributed by atoms with van der Waals surface area (Å²) in [7, 11) is 0. The average molecular weight is 226 g/mol. The SMILES string of the molecule is CCCCN(CCO)Cc1ncnn1CC. The monoisotopic (exact) mass is 226 g/mol. The van der Waals surface area contributed by atoms with E-state index >= 15 is 0 Å². The van der Waals surface area contributed by atoms with Crippen LogP contribution in [-0.4, -0.2) is 44.5 Å². The summed E-state index contributed by atoms with van der Waals surface area (Å²) < 4.78 is 1.90. The molecule has 0 saturated carbocycles. The Morgan fingerprint density at radius 2 is 2.19 bits per heavy atom. The highest BCUT2D eigenvalue weighted by molar-refractivity contribution is 4.84. The van der Waals surface area contributed by atoms with Crippen LogP contribution in [0.1, 0.15) is 32.5 Å². The third-order valence-corrected chi connectivity index (χ3v) is 2.60. The first-order valence-corrected chi connectivity index (χ1v) is 6.01. The second-order valence-electron chi connectivity index (χ2n) is 3.85. The van der Waals surface area contributed by atoms with Crippen LogP contribution in [0.4, 0.5) is 0 Å². The van der Waals surface area contributed by atoms with Gasteiger partial charge in [-0.05, 0) is 19.9 Å². The summed E-state index contributed by atoms with van der Waals surface area (Å²) in [6, 6.07) is 0. The zero-order chi connectivity index (χ0) is 11.8. The normalized spacial score (nSPS) is 11.2. The summed E-state index contributed by atoms with van der Waals surface area (Å²) in [5.41, 5.74) is 0. The molecular weight excluding hydrogens is 204 g/mol. The second kappa shape index (κ2) is 7.35. The average Bonchev–Trinajstić information content (AvgIpc) is 2.73. The Labute approximate surface area is 97.1 Å². The molecule has 0 aromatic carbocycles. The number of hydrogen-bond acceptors (Lipinski definition) is 4. The highest BCUT2D eigenvalue weighted by Crippen LogP contribution is 2.03.